The summed E-state index contributed by atoms with van der Waals surface area (Å²) < 4.78 is 2.15. The lowest BCUT2D eigenvalue weighted by Gasteiger charge is -2.13. The van der Waals surface area contributed by atoms with E-state index in [4.69, 9.17) is 4.98 Å². The lowest BCUT2D eigenvalue weighted by molar-refractivity contribution is 0.102. The molecular formula is C21H24N4O. The molecule has 1 aliphatic heterocycles. The molecule has 0 bridgehead atoms. The summed E-state index contributed by atoms with van der Waals surface area (Å²) >= 11 is 0. The predicted molar refractivity (Wildman–Crippen MR) is 104 cm³/mol. The van der Waals surface area contributed by atoms with Gasteiger partial charge in [0.2, 0.25) is 0 Å². The molecule has 0 spiro atoms. The summed E-state index contributed by atoms with van der Waals surface area (Å²) in [6.07, 6.45) is 2.55. The number of fused-ring (bicyclic) bond motifs is 1. The van der Waals surface area contributed by atoms with Crippen molar-refractivity contribution < 1.29 is 4.79 Å². The van der Waals surface area contributed by atoms with Crippen LogP contribution in [0.3, 0.4) is 0 Å². The average Bonchev–Trinajstić information content (AvgIpc) is 3.24. The summed E-state index contributed by atoms with van der Waals surface area (Å²) in [5.74, 6) is 0.986. The minimum absolute atomic E-state index is 0.0873. The SMILES string of the molecule is Cc1ccccc1C(=O)Nc1ccc2c(c1)nc(CN1CCCC1)n2C. The van der Waals surface area contributed by atoms with Crippen molar-refractivity contribution >= 4 is 22.6 Å². The topological polar surface area (TPSA) is 50.2 Å². The summed E-state index contributed by atoms with van der Waals surface area (Å²) in [5, 5.41) is 2.99. The van der Waals surface area contributed by atoms with E-state index < -0.39 is 0 Å². The first kappa shape index (κ1) is 16.8. The Balaban J connectivity index is 1.57. The van der Waals surface area contributed by atoms with Gasteiger partial charge in [0.1, 0.15) is 5.82 Å². The van der Waals surface area contributed by atoms with Gasteiger partial charge in [-0.2, -0.15) is 0 Å². The van der Waals surface area contributed by atoms with E-state index >= 15 is 0 Å². The van der Waals surface area contributed by atoms with Gasteiger partial charge in [-0.3, -0.25) is 9.69 Å². The molecule has 0 aliphatic carbocycles. The van der Waals surface area contributed by atoms with Crippen molar-refractivity contribution in [3.63, 3.8) is 0 Å². The summed E-state index contributed by atoms with van der Waals surface area (Å²) in [4.78, 5) is 19.8. The Hall–Kier alpha value is -2.66. The summed E-state index contributed by atoms with van der Waals surface area (Å²) in [6, 6.07) is 13.5. The summed E-state index contributed by atoms with van der Waals surface area (Å²) in [7, 11) is 2.06. The van der Waals surface area contributed by atoms with Crippen molar-refractivity contribution in [3.8, 4) is 0 Å². The lowest BCUT2D eigenvalue weighted by Crippen LogP contribution is -2.20. The van der Waals surface area contributed by atoms with Gasteiger partial charge in [0, 0.05) is 18.3 Å². The van der Waals surface area contributed by atoms with Crippen LogP contribution in [0, 0.1) is 6.92 Å². The lowest BCUT2D eigenvalue weighted by atomic mass is 10.1. The molecule has 5 heteroatoms. The van der Waals surface area contributed by atoms with E-state index in [0.29, 0.717) is 5.56 Å². The standard InChI is InChI=1S/C21H24N4O/c1-15-7-3-4-8-17(15)21(26)22-16-9-10-19-18(13-16)23-20(24(19)2)14-25-11-5-6-12-25/h3-4,7-10,13H,5-6,11-12,14H2,1-2H3,(H,22,26). The number of amides is 1. The molecule has 5 nitrogen and oxygen atoms in total. The van der Waals surface area contributed by atoms with Crippen molar-refractivity contribution in [3.05, 3.63) is 59.4 Å². The molecule has 1 aliphatic rings. The third-order valence-corrected chi connectivity index (χ3v) is 5.18. The number of anilines is 1. The summed E-state index contributed by atoms with van der Waals surface area (Å²) in [6.45, 7) is 5.14. The number of carbonyl (C=O) groups excluding carboxylic acids is 1. The molecule has 0 unspecified atom stereocenters. The van der Waals surface area contributed by atoms with Crippen molar-refractivity contribution in [1.82, 2.24) is 14.5 Å². The molecular weight excluding hydrogens is 324 g/mol. The highest BCUT2D eigenvalue weighted by atomic mass is 16.1. The van der Waals surface area contributed by atoms with Gasteiger partial charge in [-0.1, -0.05) is 18.2 Å². The highest BCUT2D eigenvalue weighted by molar-refractivity contribution is 6.05. The molecule has 0 radical (unpaired) electrons. The minimum Gasteiger partial charge on any atom is -0.330 e. The van der Waals surface area contributed by atoms with Crippen LogP contribution in [0.4, 0.5) is 5.69 Å². The zero-order valence-corrected chi connectivity index (χ0v) is 15.3. The second-order valence-electron chi connectivity index (χ2n) is 7.04. The minimum atomic E-state index is -0.0873. The molecule has 2 heterocycles. The fourth-order valence-electron chi connectivity index (χ4n) is 3.64. The Bertz CT molecular complexity index is 954. The molecule has 1 saturated heterocycles. The van der Waals surface area contributed by atoms with E-state index in [1.165, 1.54) is 12.8 Å². The third kappa shape index (κ3) is 3.22. The van der Waals surface area contributed by atoms with Gasteiger partial charge in [0.15, 0.2) is 0 Å². The molecule has 2 aromatic carbocycles. The number of benzene rings is 2. The largest absolute Gasteiger partial charge is 0.330 e. The van der Waals surface area contributed by atoms with Gasteiger partial charge in [0.25, 0.3) is 5.91 Å². The Morgan fingerprint density at radius 2 is 1.92 bits per heavy atom. The second kappa shape index (κ2) is 6.92. The number of rotatable bonds is 4. The van der Waals surface area contributed by atoms with Gasteiger partial charge in [-0.25, -0.2) is 4.98 Å². The first-order valence-corrected chi connectivity index (χ1v) is 9.16. The maximum absolute atomic E-state index is 12.5. The Labute approximate surface area is 153 Å². The van der Waals surface area contributed by atoms with Crippen LogP contribution in [0.5, 0.6) is 0 Å². The molecule has 3 aromatic rings. The monoisotopic (exact) mass is 348 g/mol. The smallest absolute Gasteiger partial charge is 0.255 e. The van der Waals surface area contributed by atoms with Crippen LogP contribution >= 0.6 is 0 Å². The first-order valence-electron chi connectivity index (χ1n) is 9.16. The van der Waals surface area contributed by atoms with E-state index in [9.17, 15) is 4.79 Å². The molecule has 0 saturated carbocycles. The Morgan fingerprint density at radius 3 is 2.69 bits per heavy atom. The van der Waals surface area contributed by atoms with E-state index in [-0.39, 0.29) is 5.91 Å². The highest BCUT2D eigenvalue weighted by Gasteiger charge is 2.16. The summed E-state index contributed by atoms with van der Waals surface area (Å²) in [5.41, 5.74) is 4.45. The van der Waals surface area contributed by atoms with Crippen LogP contribution in [0.2, 0.25) is 0 Å². The first-order chi connectivity index (χ1) is 12.6. The van der Waals surface area contributed by atoms with Gasteiger partial charge in [0.05, 0.1) is 17.6 Å². The average molecular weight is 348 g/mol. The number of nitrogens with zero attached hydrogens (tertiary/aromatic N) is 3. The van der Waals surface area contributed by atoms with Crippen LogP contribution in [0.25, 0.3) is 11.0 Å². The molecule has 1 N–H and O–H groups in total. The normalized spacial score (nSPS) is 14.8. The predicted octanol–water partition coefficient (Wildman–Crippen LogP) is 3.73. The van der Waals surface area contributed by atoms with Crippen molar-refractivity contribution in [2.45, 2.75) is 26.3 Å². The van der Waals surface area contributed by atoms with E-state index in [1.807, 2.05) is 49.4 Å². The molecule has 26 heavy (non-hydrogen) atoms. The highest BCUT2D eigenvalue weighted by Crippen LogP contribution is 2.22. The number of likely N-dealkylation sites (tertiary alicyclic amines) is 1. The maximum atomic E-state index is 12.5. The van der Waals surface area contributed by atoms with Crippen molar-refractivity contribution in [2.75, 3.05) is 18.4 Å². The van der Waals surface area contributed by atoms with Crippen LogP contribution in [-0.2, 0) is 13.6 Å². The molecule has 0 atom stereocenters. The van der Waals surface area contributed by atoms with E-state index in [1.54, 1.807) is 0 Å². The zero-order valence-electron chi connectivity index (χ0n) is 15.3. The van der Waals surface area contributed by atoms with Gasteiger partial charge in [-0.05, 0) is 62.7 Å². The molecule has 4 rings (SSSR count). The number of aromatic nitrogens is 2. The fourth-order valence-corrected chi connectivity index (χ4v) is 3.64. The van der Waals surface area contributed by atoms with Crippen molar-refractivity contribution in [1.29, 1.82) is 0 Å². The van der Waals surface area contributed by atoms with E-state index in [0.717, 1.165) is 47.7 Å². The van der Waals surface area contributed by atoms with Gasteiger partial charge < -0.3 is 9.88 Å². The van der Waals surface area contributed by atoms with Crippen LogP contribution < -0.4 is 5.32 Å². The van der Waals surface area contributed by atoms with Gasteiger partial charge >= 0.3 is 0 Å². The number of imidazole rings is 1. The Morgan fingerprint density at radius 1 is 1.15 bits per heavy atom. The van der Waals surface area contributed by atoms with Crippen LogP contribution in [0.1, 0.15) is 34.6 Å². The molecule has 1 fully saturated rings. The van der Waals surface area contributed by atoms with Crippen LogP contribution in [-0.4, -0.2) is 33.4 Å². The van der Waals surface area contributed by atoms with E-state index in [2.05, 4.69) is 21.8 Å². The quantitative estimate of drug-likeness (QED) is 0.781. The number of hydrogen-bond donors (Lipinski definition) is 1. The maximum Gasteiger partial charge on any atom is 0.255 e. The fraction of sp³-hybridized carbons (Fsp3) is 0.333. The van der Waals surface area contributed by atoms with Crippen molar-refractivity contribution in [2.24, 2.45) is 7.05 Å². The zero-order chi connectivity index (χ0) is 18.1. The van der Waals surface area contributed by atoms with Crippen LogP contribution in [0.15, 0.2) is 42.5 Å². The number of hydrogen-bond acceptors (Lipinski definition) is 3. The second-order valence-corrected chi connectivity index (χ2v) is 7.04. The molecule has 134 valence electrons. The molecule has 1 aromatic heterocycles. The Kier molecular flexibility index (Phi) is 4.47. The number of nitrogens with one attached hydrogen (secondary N) is 1. The van der Waals surface area contributed by atoms with Gasteiger partial charge in [-0.15, -0.1) is 0 Å². The third-order valence-electron chi connectivity index (χ3n) is 5.18. The number of aryl methyl sites for hydroxylation is 2. The molecule has 1 amide bonds. The number of carbonyl (C=O) groups is 1.